The van der Waals surface area contributed by atoms with Crippen LogP contribution in [0.3, 0.4) is 0 Å². The minimum atomic E-state index is 1.13. The van der Waals surface area contributed by atoms with Crippen molar-refractivity contribution in [1.82, 2.24) is 4.90 Å². The summed E-state index contributed by atoms with van der Waals surface area (Å²) in [5, 5.41) is 0. The maximum absolute atomic E-state index is 2.39. The smallest absolute Gasteiger partial charge is 0.0233 e. The molecular weight excluding hydrogens is 158 g/mol. The van der Waals surface area contributed by atoms with E-state index >= 15 is 0 Å². The molecule has 0 bridgehead atoms. The number of likely N-dealkylation sites (N-methyl/N-ethyl adjacent to an activating group) is 1. The zero-order valence-electron chi connectivity index (χ0n) is 8.51. The van der Waals surface area contributed by atoms with Gasteiger partial charge in [0, 0.05) is 13.1 Å². The molecule has 0 fully saturated rings. The number of benzene rings is 1. The third-order valence-electron chi connectivity index (χ3n) is 2.93. The number of nitrogens with zero attached hydrogens (tertiary/aromatic N) is 1. The van der Waals surface area contributed by atoms with E-state index in [2.05, 4.69) is 37.1 Å². The topological polar surface area (TPSA) is 3.24 Å². The molecule has 1 heterocycles. The van der Waals surface area contributed by atoms with Crippen LogP contribution in [0.4, 0.5) is 0 Å². The molecule has 0 N–H and O–H groups in total. The highest BCUT2D eigenvalue weighted by Gasteiger charge is 2.14. The van der Waals surface area contributed by atoms with E-state index in [1.54, 1.807) is 11.1 Å². The highest BCUT2D eigenvalue weighted by molar-refractivity contribution is 5.36. The quantitative estimate of drug-likeness (QED) is 0.632. The second-order valence-corrected chi connectivity index (χ2v) is 3.90. The van der Waals surface area contributed by atoms with Gasteiger partial charge in [-0.3, -0.25) is 0 Å². The normalized spacial score (nSPS) is 17.1. The average Bonchev–Trinajstić information content (AvgIpc) is 2.16. The van der Waals surface area contributed by atoms with Gasteiger partial charge in [-0.15, -0.1) is 0 Å². The minimum absolute atomic E-state index is 1.13. The monoisotopic (exact) mass is 175 g/mol. The second kappa shape index (κ2) is 3.51. The number of hydrogen-bond donors (Lipinski definition) is 0. The molecule has 1 heteroatoms. The molecule has 0 saturated carbocycles. The third-order valence-corrected chi connectivity index (χ3v) is 2.93. The van der Waals surface area contributed by atoms with E-state index in [0.717, 1.165) is 6.54 Å². The van der Waals surface area contributed by atoms with Crippen molar-refractivity contribution in [3.05, 3.63) is 34.9 Å². The van der Waals surface area contributed by atoms with Crippen molar-refractivity contribution < 1.29 is 0 Å². The molecule has 70 valence electrons. The molecule has 0 spiro atoms. The van der Waals surface area contributed by atoms with Crippen molar-refractivity contribution in [1.29, 1.82) is 0 Å². The van der Waals surface area contributed by atoms with Gasteiger partial charge >= 0.3 is 0 Å². The van der Waals surface area contributed by atoms with Crippen LogP contribution in [0.2, 0.25) is 0 Å². The second-order valence-electron chi connectivity index (χ2n) is 3.90. The van der Waals surface area contributed by atoms with E-state index in [4.69, 9.17) is 0 Å². The minimum Gasteiger partial charge on any atom is -0.302 e. The predicted octanol–water partition coefficient (Wildman–Crippen LogP) is 2.24. The van der Waals surface area contributed by atoms with Gasteiger partial charge in [-0.05, 0) is 36.6 Å². The molecule has 13 heavy (non-hydrogen) atoms. The molecule has 2 rings (SSSR count). The van der Waals surface area contributed by atoms with Gasteiger partial charge in [0.15, 0.2) is 0 Å². The lowest BCUT2D eigenvalue weighted by Crippen LogP contribution is -2.27. The van der Waals surface area contributed by atoms with Crippen LogP contribution in [-0.2, 0) is 19.4 Å². The Bertz CT molecular complexity index is 304. The fraction of sp³-hybridized carbons (Fsp3) is 0.500. The molecule has 1 aromatic carbocycles. The maximum Gasteiger partial charge on any atom is 0.0233 e. The van der Waals surface area contributed by atoms with Gasteiger partial charge in [-0.25, -0.2) is 0 Å². The summed E-state index contributed by atoms with van der Waals surface area (Å²) >= 11 is 0. The Labute approximate surface area is 80.4 Å². The molecule has 0 aromatic heterocycles. The number of hydrogen-bond acceptors (Lipinski definition) is 1. The fourth-order valence-electron chi connectivity index (χ4n) is 2.16. The lowest BCUT2D eigenvalue weighted by molar-refractivity contribution is 0.312. The molecule has 0 saturated heterocycles. The summed E-state index contributed by atoms with van der Waals surface area (Å²) < 4.78 is 0. The molecule has 1 aromatic rings. The fourth-order valence-corrected chi connectivity index (χ4v) is 2.16. The van der Waals surface area contributed by atoms with Crippen LogP contribution in [-0.4, -0.2) is 18.5 Å². The van der Waals surface area contributed by atoms with Gasteiger partial charge in [0.2, 0.25) is 0 Å². The zero-order valence-corrected chi connectivity index (χ0v) is 8.51. The van der Waals surface area contributed by atoms with Crippen molar-refractivity contribution in [2.24, 2.45) is 0 Å². The summed E-state index contributed by atoms with van der Waals surface area (Å²) in [6, 6.07) is 6.73. The molecule has 0 atom stereocenters. The molecule has 0 radical (unpaired) electrons. The van der Waals surface area contributed by atoms with Gasteiger partial charge in [-0.1, -0.05) is 25.1 Å². The van der Waals surface area contributed by atoms with E-state index in [1.807, 2.05) is 0 Å². The van der Waals surface area contributed by atoms with Crippen LogP contribution in [0, 0.1) is 0 Å². The van der Waals surface area contributed by atoms with E-state index < -0.39 is 0 Å². The molecule has 0 amide bonds. The van der Waals surface area contributed by atoms with Crippen molar-refractivity contribution in [3.8, 4) is 0 Å². The highest BCUT2D eigenvalue weighted by atomic mass is 15.1. The highest BCUT2D eigenvalue weighted by Crippen LogP contribution is 2.21. The summed E-state index contributed by atoms with van der Waals surface area (Å²) in [4.78, 5) is 2.39. The largest absolute Gasteiger partial charge is 0.302 e. The number of fused-ring (bicyclic) bond motifs is 1. The Hall–Kier alpha value is -0.820. The van der Waals surface area contributed by atoms with Crippen LogP contribution in [0.1, 0.15) is 23.6 Å². The van der Waals surface area contributed by atoms with Crippen LogP contribution in [0.15, 0.2) is 18.2 Å². The Morgan fingerprint density at radius 3 is 3.00 bits per heavy atom. The van der Waals surface area contributed by atoms with Crippen molar-refractivity contribution in [3.63, 3.8) is 0 Å². The van der Waals surface area contributed by atoms with Crippen molar-refractivity contribution in [2.45, 2.75) is 26.3 Å². The zero-order chi connectivity index (χ0) is 9.26. The molecule has 0 aliphatic carbocycles. The molecular formula is C12H17N. The summed E-state index contributed by atoms with van der Waals surface area (Å²) in [5.41, 5.74) is 4.70. The number of rotatable bonds is 1. The molecule has 1 aliphatic rings. The van der Waals surface area contributed by atoms with E-state index in [-0.39, 0.29) is 0 Å². The first-order valence-electron chi connectivity index (χ1n) is 5.09. The van der Waals surface area contributed by atoms with Crippen molar-refractivity contribution in [2.75, 3.05) is 13.6 Å². The van der Waals surface area contributed by atoms with Gasteiger partial charge < -0.3 is 4.90 Å². The van der Waals surface area contributed by atoms with E-state index in [9.17, 15) is 0 Å². The van der Waals surface area contributed by atoms with Gasteiger partial charge in [0.05, 0.1) is 0 Å². The van der Waals surface area contributed by atoms with Crippen LogP contribution in [0.25, 0.3) is 0 Å². The standard InChI is InChI=1S/C12H17N/c1-3-10-5-4-6-11-9-13(2)8-7-12(10)11/h4-6H,3,7-9H2,1-2H3. The van der Waals surface area contributed by atoms with Crippen LogP contribution < -0.4 is 0 Å². The first kappa shape index (κ1) is 8.76. The lowest BCUT2D eigenvalue weighted by Gasteiger charge is -2.26. The van der Waals surface area contributed by atoms with Gasteiger partial charge in [0.1, 0.15) is 0 Å². The van der Waals surface area contributed by atoms with E-state index in [0.29, 0.717) is 0 Å². The summed E-state index contributed by atoms with van der Waals surface area (Å²) in [7, 11) is 2.20. The van der Waals surface area contributed by atoms with Crippen molar-refractivity contribution >= 4 is 0 Å². The first-order chi connectivity index (χ1) is 6.31. The lowest BCUT2D eigenvalue weighted by atomic mass is 9.94. The van der Waals surface area contributed by atoms with Crippen LogP contribution in [0.5, 0.6) is 0 Å². The summed E-state index contributed by atoms with van der Waals surface area (Å²) in [5.74, 6) is 0. The average molecular weight is 175 g/mol. The van der Waals surface area contributed by atoms with Gasteiger partial charge in [0.25, 0.3) is 0 Å². The predicted molar refractivity (Wildman–Crippen MR) is 55.9 cm³/mol. The first-order valence-corrected chi connectivity index (χ1v) is 5.09. The molecule has 0 unspecified atom stereocenters. The Kier molecular flexibility index (Phi) is 2.36. The molecule has 1 aliphatic heterocycles. The third kappa shape index (κ3) is 1.61. The Morgan fingerprint density at radius 1 is 1.38 bits per heavy atom. The SMILES string of the molecule is CCc1cccc2c1CCN(C)C2. The number of aryl methyl sites for hydroxylation is 1. The maximum atomic E-state index is 2.39. The summed E-state index contributed by atoms with van der Waals surface area (Å²) in [6.45, 7) is 4.58. The molecule has 1 nitrogen and oxygen atoms in total. The Morgan fingerprint density at radius 2 is 2.23 bits per heavy atom. The van der Waals surface area contributed by atoms with Crippen LogP contribution >= 0.6 is 0 Å². The van der Waals surface area contributed by atoms with Gasteiger partial charge in [-0.2, -0.15) is 0 Å². The summed E-state index contributed by atoms with van der Waals surface area (Å²) in [6.07, 6.45) is 2.41. The van der Waals surface area contributed by atoms with E-state index in [1.165, 1.54) is 24.9 Å². The Balaban J connectivity index is 2.39.